The van der Waals surface area contributed by atoms with E-state index in [1.807, 2.05) is 17.5 Å². The van der Waals surface area contributed by atoms with E-state index in [1.165, 1.54) is 25.7 Å². The maximum Gasteiger partial charge on any atom is 0.220 e. The molecule has 0 spiro atoms. The third-order valence-corrected chi connectivity index (χ3v) is 3.49. The summed E-state index contributed by atoms with van der Waals surface area (Å²) in [5.74, 6) is -0.621. The van der Waals surface area contributed by atoms with Crippen molar-refractivity contribution in [1.29, 1.82) is 0 Å². The molecular formula is C22H37NO2. The van der Waals surface area contributed by atoms with Gasteiger partial charge in [-0.1, -0.05) is 68.4 Å². The van der Waals surface area contributed by atoms with Gasteiger partial charge in [-0.2, -0.15) is 0 Å². The molecule has 3 heteroatoms. The molecule has 0 rings (SSSR count). The Hall–Kier alpha value is -1.61. The highest BCUT2D eigenvalue weighted by atomic mass is 16.3. The zero-order valence-corrected chi connectivity index (χ0v) is 15.5. The summed E-state index contributed by atoms with van der Waals surface area (Å²) in [5.41, 5.74) is 0. The van der Waals surface area contributed by atoms with E-state index in [-0.39, 0.29) is 6.42 Å². The van der Waals surface area contributed by atoms with E-state index in [9.17, 15) is 4.79 Å². The minimum Gasteiger partial charge on any atom is -0.395 e. The molecule has 0 saturated carbocycles. The number of nitrogens with one attached hydrogen (secondary N) is 1. The molecule has 1 amide bonds. The molecule has 142 valence electrons. The van der Waals surface area contributed by atoms with Crippen molar-refractivity contribution < 1.29 is 15.4 Å². The van der Waals surface area contributed by atoms with Gasteiger partial charge in [0, 0.05) is 12.9 Å². The lowest BCUT2D eigenvalue weighted by Gasteiger charge is -2.00. The lowest BCUT2D eigenvalue weighted by molar-refractivity contribution is -0.121. The zero-order chi connectivity index (χ0) is 22.0. The van der Waals surface area contributed by atoms with Gasteiger partial charge in [0.1, 0.15) is 0 Å². The summed E-state index contributed by atoms with van der Waals surface area (Å²) in [7, 11) is 0. The minimum atomic E-state index is -3.12. The predicted octanol–water partition coefficient (Wildman–Crippen LogP) is 5.24. The number of carbonyl (C=O) groups excluding carboxylic acids is 1. The van der Waals surface area contributed by atoms with Crippen LogP contribution in [-0.4, -0.2) is 24.1 Å². The first-order valence-electron chi connectivity index (χ1n) is 11.3. The quantitative estimate of drug-likeness (QED) is 0.295. The van der Waals surface area contributed by atoms with Crippen LogP contribution < -0.4 is 5.32 Å². The summed E-state index contributed by atoms with van der Waals surface area (Å²) in [6.07, 6.45) is 26.0. The molecule has 0 aromatic heterocycles. The summed E-state index contributed by atoms with van der Waals surface area (Å²) in [6.45, 7) is -3.70. The van der Waals surface area contributed by atoms with Gasteiger partial charge in [0.15, 0.2) is 0 Å². The molecule has 3 nitrogen and oxygen atoms in total. The van der Waals surface area contributed by atoms with Crippen molar-refractivity contribution in [3.8, 4) is 0 Å². The molecule has 0 heterocycles. The smallest absolute Gasteiger partial charge is 0.220 e. The van der Waals surface area contributed by atoms with Crippen LogP contribution in [0.15, 0.2) is 48.6 Å². The van der Waals surface area contributed by atoms with Gasteiger partial charge in [-0.25, -0.2) is 0 Å². The Morgan fingerprint density at radius 3 is 1.92 bits per heavy atom. The number of carbonyl (C=O) groups is 1. The second-order valence-electron chi connectivity index (χ2n) is 5.77. The van der Waals surface area contributed by atoms with E-state index in [0.717, 1.165) is 19.3 Å². The number of aliphatic hydroxyl groups is 1. The van der Waals surface area contributed by atoms with Crippen LogP contribution in [0.1, 0.15) is 76.6 Å². The molecule has 0 aromatic rings. The number of rotatable bonds is 16. The second kappa shape index (κ2) is 20.4. The van der Waals surface area contributed by atoms with E-state index in [4.69, 9.17) is 10.6 Å². The SMILES string of the molecule is [2H]C([2H])(O)C([2H])([2H])NC(=O)CCC/C=C/C/C=C/C/C=C/C/C=C/CCCCC. The molecule has 25 heavy (non-hydrogen) atoms. The molecule has 2 N–H and O–H groups in total. The molecule has 0 aliphatic heterocycles. The van der Waals surface area contributed by atoms with Crippen LogP contribution in [0.3, 0.4) is 0 Å². The Morgan fingerprint density at radius 2 is 1.40 bits per heavy atom. The highest BCUT2D eigenvalue weighted by Crippen LogP contribution is 2.01. The van der Waals surface area contributed by atoms with Gasteiger partial charge in [-0.3, -0.25) is 4.79 Å². The summed E-state index contributed by atoms with van der Waals surface area (Å²) >= 11 is 0. The van der Waals surface area contributed by atoms with Crippen molar-refractivity contribution in [2.45, 2.75) is 71.1 Å². The molecule has 0 aliphatic rings. The van der Waals surface area contributed by atoms with Gasteiger partial charge in [0.05, 0.1) is 12.0 Å². The van der Waals surface area contributed by atoms with Gasteiger partial charge in [0.2, 0.25) is 5.91 Å². The van der Waals surface area contributed by atoms with E-state index in [1.54, 1.807) is 0 Å². The van der Waals surface area contributed by atoms with Gasteiger partial charge >= 0.3 is 0 Å². The fraction of sp³-hybridized carbons (Fsp3) is 0.591. The standard InChI is InChI=1S/C22H37NO2/c1-2-3-4-5-6-7-8-9-10-11-12-13-14-15-16-17-18-19-22(25)23-20-21-24/h6-7,9-10,12-13,15-16,24H,2-5,8,11,14,17-21H2,1H3,(H,23,25)/b7-6+,10-9+,13-12+,16-15+/i20D2,21D2. The lowest BCUT2D eigenvalue weighted by Crippen LogP contribution is -2.25. The molecule has 0 radical (unpaired) electrons. The van der Waals surface area contributed by atoms with Gasteiger partial charge < -0.3 is 10.4 Å². The average molecular weight is 352 g/mol. The fourth-order valence-electron chi connectivity index (χ4n) is 2.10. The van der Waals surface area contributed by atoms with Crippen molar-refractivity contribution in [2.24, 2.45) is 0 Å². The van der Waals surface area contributed by atoms with Crippen LogP contribution in [0.25, 0.3) is 0 Å². The first-order valence-corrected chi connectivity index (χ1v) is 9.34. The van der Waals surface area contributed by atoms with E-state index < -0.39 is 19.0 Å². The summed E-state index contributed by atoms with van der Waals surface area (Å²) < 4.78 is 28.5. The maximum absolute atomic E-state index is 11.6. The summed E-state index contributed by atoms with van der Waals surface area (Å²) in [4.78, 5) is 11.6. The zero-order valence-electron chi connectivity index (χ0n) is 19.5. The van der Waals surface area contributed by atoms with Crippen LogP contribution in [0, 0.1) is 0 Å². The number of unbranched alkanes of at least 4 members (excludes halogenated alkanes) is 4. The van der Waals surface area contributed by atoms with Crippen molar-refractivity contribution in [3.63, 3.8) is 0 Å². The Bertz CT molecular complexity index is 550. The highest BCUT2D eigenvalue weighted by Gasteiger charge is 1.97. The van der Waals surface area contributed by atoms with Crippen LogP contribution in [0.4, 0.5) is 0 Å². The number of hydrogen-bond donors (Lipinski definition) is 2. The topological polar surface area (TPSA) is 49.3 Å². The Balaban J connectivity index is 3.71. The first-order chi connectivity index (χ1) is 13.7. The van der Waals surface area contributed by atoms with Crippen LogP contribution in [0.5, 0.6) is 0 Å². The van der Waals surface area contributed by atoms with E-state index >= 15 is 0 Å². The van der Waals surface area contributed by atoms with Gasteiger partial charge in [-0.05, 0) is 44.9 Å². The third kappa shape index (κ3) is 20.3. The number of hydrogen-bond acceptors (Lipinski definition) is 2. The van der Waals surface area contributed by atoms with Crippen LogP contribution >= 0.6 is 0 Å². The second-order valence-corrected chi connectivity index (χ2v) is 5.77. The van der Waals surface area contributed by atoms with Gasteiger partial charge in [0.25, 0.3) is 0 Å². The molecule has 0 saturated heterocycles. The molecule has 0 unspecified atom stereocenters. The predicted molar refractivity (Wildman–Crippen MR) is 108 cm³/mol. The van der Waals surface area contributed by atoms with Crippen LogP contribution in [0.2, 0.25) is 0 Å². The monoisotopic (exact) mass is 351 g/mol. The van der Waals surface area contributed by atoms with Gasteiger partial charge in [-0.15, -0.1) is 0 Å². The van der Waals surface area contributed by atoms with Crippen molar-refractivity contribution in [3.05, 3.63) is 48.6 Å². The van der Waals surface area contributed by atoms with Crippen molar-refractivity contribution in [1.82, 2.24) is 5.32 Å². The Morgan fingerprint density at radius 1 is 0.880 bits per heavy atom. The first kappa shape index (κ1) is 16.8. The van der Waals surface area contributed by atoms with Crippen molar-refractivity contribution in [2.75, 3.05) is 13.1 Å². The minimum absolute atomic E-state index is 0.0770. The number of amides is 1. The maximum atomic E-state index is 11.6. The fourth-order valence-corrected chi connectivity index (χ4v) is 2.10. The van der Waals surface area contributed by atoms with Crippen molar-refractivity contribution >= 4 is 5.91 Å². The molecule has 0 bridgehead atoms. The summed E-state index contributed by atoms with van der Waals surface area (Å²) in [5, 5.41) is 10.9. The lowest BCUT2D eigenvalue weighted by atomic mass is 10.2. The van der Waals surface area contributed by atoms with E-state index in [0.29, 0.717) is 12.8 Å². The Kier molecular flexibility index (Phi) is 13.8. The molecule has 0 atom stereocenters. The molecule has 0 aliphatic carbocycles. The number of allylic oxidation sites excluding steroid dienone is 8. The Labute approximate surface area is 160 Å². The average Bonchev–Trinajstić information content (AvgIpc) is 2.63. The molecule has 0 aromatic carbocycles. The normalized spacial score (nSPS) is 15.8. The third-order valence-electron chi connectivity index (χ3n) is 3.49. The highest BCUT2D eigenvalue weighted by molar-refractivity contribution is 5.75. The molecular weight excluding hydrogens is 310 g/mol. The van der Waals surface area contributed by atoms with E-state index in [2.05, 4.69) is 43.4 Å². The van der Waals surface area contributed by atoms with Crippen LogP contribution in [-0.2, 0) is 4.79 Å². The molecule has 0 fully saturated rings. The largest absolute Gasteiger partial charge is 0.395 e. The summed E-state index contributed by atoms with van der Waals surface area (Å²) in [6, 6.07) is 0.